The minimum Gasteiger partial charge on any atom is -0.388 e. The normalized spacial score (nSPS) is 36.0. The van der Waals surface area contributed by atoms with Gasteiger partial charge in [0.05, 0.1) is 17.1 Å². The molecule has 2 saturated carbocycles. The summed E-state index contributed by atoms with van der Waals surface area (Å²) in [5.41, 5.74) is -0.940. The zero-order valence-electron chi connectivity index (χ0n) is 14.6. The van der Waals surface area contributed by atoms with Crippen molar-refractivity contribution in [3.05, 3.63) is 0 Å². The van der Waals surface area contributed by atoms with Crippen LogP contribution in [0.5, 0.6) is 0 Å². The molecule has 2 unspecified atom stereocenters. The van der Waals surface area contributed by atoms with Gasteiger partial charge in [-0.1, -0.05) is 47.5 Å². The van der Waals surface area contributed by atoms with Crippen LogP contribution in [0.1, 0.15) is 86.0 Å². The van der Waals surface area contributed by atoms with Gasteiger partial charge in [0.2, 0.25) is 0 Å². The summed E-state index contributed by atoms with van der Waals surface area (Å²) in [5.74, 6) is 0.236. The molecule has 1 N–H and O–H groups in total. The van der Waals surface area contributed by atoms with Gasteiger partial charge in [0.15, 0.2) is 0 Å². The lowest BCUT2D eigenvalue weighted by Gasteiger charge is -2.56. The minimum atomic E-state index is -0.797. The van der Waals surface area contributed by atoms with Gasteiger partial charge in [0.1, 0.15) is 0 Å². The van der Waals surface area contributed by atoms with E-state index in [1.54, 1.807) is 0 Å². The Morgan fingerprint density at radius 2 is 1.57 bits per heavy atom. The Balaban J connectivity index is 2.37. The predicted octanol–water partition coefficient (Wildman–Crippen LogP) is 5.06. The van der Waals surface area contributed by atoms with E-state index in [-0.39, 0.29) is 11.3 Å². The molecule has 0 aliphatic heterocycles. The fourth-order valence-electron chi connectivity index (χ4n) is 4.87. The van der Waals surface area contributed by atoms with Gasteiger partial charge in [-0.05, 0) is 55.3 Å². The molecule has 0 saturated heterocycles. The summed E-state index contributed by atoms with van der Waals surface area (Å²) in [6.45, 7) is 11.3. The van der Waals surface area contributed by atoms with Crippen LogP contribution in [-0.2, 0) is 0 Å². The lowest BCUT2D eigenvalue weighted by Crippen LogP contribution is -2.59. The van der Waals surface area contributed by atoms with Gasteiger partial charge in [-0.25, -0.2) is 0 Å². The first-order valence-electron chi connectivity index (χ1n) is 8.70. The average molecular weight is 291 g/mol. The first kappa shape index (κ1) is 16.8. The van der Waals surface area contributed by atoms with Crippen molar-refractivity contribution in [3.63, 3.8) is 0 Å². The molecule has 2 aliphatic carbocycles. The van der Waals surface area contributed by atoms with E-state index in [1.165, 1.54) is 6.42 Å². The second kappa shape index (κ2) is 5.27. The van der Waals surface area contributed by atoms with E-state index < -0.39 is 11.0 Å². The van der Waals surface area contributed by atoms with E-state index in [0.29, 0.717) is 5.41 Å². The molecule has 0 spiro atoms. The van der Waals surface area contributed by atoms with E-state index in [2.05, 4.69) is 40.7 Å². The number of nitriles is 1. The predicted molar refractivity (Wildman–Crippen MR) is 86.7 cm³/mol. The van der Waals surface area contributed by atoms with Gasteiger partial charge in [-0.2, -0.15) is 5.26 Å². The molecule has 120 valence electrons. The molecular formula is C19H33NO. The molecule has 0 radical (unpaired) electrons. The van der Waals surface area contributed by atoms with Crippen molar-refractivity contribution < 1.29 is 5.11 Å². The highest BCUT2D eigenvalue weighted by Crippen LogP contribution is 2.59. The Morgan fingerprint density at radius 3 is 2.05 bits per heavy atom. The molecule has 2 heteroatoms. The number of rotatable bonds is 1. The third kappa shape index (κ3) is 2.87. The standard InChI is InChI=1S/C19H33NO/c1-16(2,3)15-8-6-7-9-19(15,21)18(14-20)12-10-17(4,5)11-13-18/h15,21H,6-13H2,1-5H3. The topological polar surface area (TPSA) is 44.0 Å². The molecule has 0 aromatic rings. The molecule has 0 heterocycles. The summed E-state index contributed by atoms with van der Waals surface area (Å²) < 4.78 is 0. The largest absolute Gasteiger partial charge is 0.388 e. The summed E-state index contributed by atoms with van der Waals surface area (Å²) in [7, 11) is 0. The SMILES string of the molecule is CC1(C)CCC(C#N)(C2(O)CCCCC2C(C)(C)C)CC1. The third-order valence-electron chi connectivity index (χ3n) is 6.42. The fraction of sp³-hybridized carbons (Fsp3) is 0.947. The first-order chi connectivity index (χ1) is 9.56. The molecule has 0 bridgehead atoms. The van der Waals surface area contributed by atoms with Gasteiger partial charge < -0.3 is 5.11 Å². The maximum absolute atomic E-state index is 11.7. The van der Waals surface area contributed by atoms with Crippen LogP contribution in [0.25, 0.3) is 0 Å². The quantitative estimate of drug-likeness (QED) is 0.733. The summed E-state index contributed by atoms with van der Waals surface area (Å²) in [6.07, 6.45) is 7.96. The van der Waals surface area contributed by atoms with Gasteiger partial charge >= 0.3 is 0 Å². The maximum Gasteiger partial charge on any atom is 0.0866 e. The van der Waals surface area contributed by atoms with E-state index >= 15 is 0 Å². The summed E-state index contributed by atoms with van der Waals surface area (Å²) in [6, 6.07) is 2.62. The van der Waals surface area contributed by atoms with Crippen LogP contribution in [0.3, 0.4) is 0 Å². The van der Waals surface area contributed by atoms with Crippen LogP contribution in [0.15, 0.2) is 0 Å². The van der Waals surface area contributed by atoms with E-state index in [1.807, 2.05) is 0 Å². The van der Waals surface area contributed by atoms with Gasteiger partial charge in [0.25, 0.3) is 0 Å². The van der Waals surface area contributed by atoms with Crippen molar-refractivity contribution in [1.29, 1.82) is 5.26 Å². The molecule has 2 atom stereocenters. The van der Waals surface area contributed by atoms with E-state index in [9.17, 15) is 10.4 Å². The second-order valence-electron chi connectivity index (χ2n) is 9.45. The van der Waals surface area contributed by atoms with E-state index in [4.69, 9.17) is 0 Å². The van der Waals surface area contributed by atoms with Gasteiger partial charge in [0, 0.05) is 0 Å². The average Bonchev–Trinajstić information content (AvgIpc) is 2.38. The molecule has 0 amide bonds. The second-order valence-corrected chi connectivity index (χ2v) is 9.45. The summed E-state index contributed by atoms with van der Waals surface area (Å²) >= 11 is 0. The molecule has 2 fully saturated rings. The van der Waals surface area contributed by atoms with Crippen molar-refractivity contribution in [3.8, 4) is 6.07 Å². The molecule has 2 rings (SSSR count). The van der Waals surface area contributed by atoms with Crippen LogP contribution in [0.4, 0.5) is 0 Å². The Morgan fingerprint density at radius 1 is 1.00 bits per heavy atom. The Hall–Kier alpha value is -0.550. The lowest BCUT2D eigenvalue weighted by atomic mass is 9.49. The van der Waals surface area contributed by atoms with Crippen LogP contribution in [-0.4, -0.2) is 10.7 Å². The zero-order valence-corrected chi connectivity index (χ0v) is 14.6. The van der Waals surface area contributed by atoms with Crippen molar-refractivity contribution in [2.45, 2.75) is 91.6 Å². The number of aliphatic hydroxyl groups is 1. The van der Waals surface area contributed by atoms with Crippen LogP contribution in [0.2, 0.25) is 0 Å². The van der Waals surface area contributed by atoms with Crippen LogP contribution in [0, 0.1) is 33.5 Å². The van der Waals surface area contributed by atoms with Crippen LogP contribution < -0.4 is 0 Å². The monoisotopic (exact) mass is 291 g/mol. The molecule has 0 aromatic heterocycles. The van der Waals surface area contributed by atoms with Crippen molar-refractivity contribution in [1.82, 2.24) is 0 Å². The summed E-state index contributed by atoms with van der Waals surface area (Å²) in [5, 5.41) is 21.7. The molecular weight excluding hydrogens is 258 g/mol. The van der Waals surface area contributed by atoms with Crippen molar-refractivity contribution >= 4 is 0 Å². The molecule has 0 aromatic carbocycles. The highest BCUT2D eigenvalue weighted by Gasteiger charge is 2.59. The highest BCUT2D eigenvalue weighted by atomic mass is 16.3. The first-order valence-corrected chi connectivity index (χ1v) is 8.70. The Labute approximate surface area is 130 Å². The Bertz CT molecular complexity index is 416. The molecule has 2 aliphatic rings. The Kier molecular flexibility index (Phi) is 4.22. The summed E-state index contributed by atoms with van der Waals surface area (Å²) in [4.78, 5) is 0. The third-order valence-corrected chi connectivity index (χ3v) is 6.42. The van der Waals surface area contributed by atoms with Crippen molar-refractivity contribution in [2.24, 2.45) is 22.2 Å². The smallest absolute Gasteiger partial charge is 0.0866 e. The van der Waals surface area contributed by atoms with Crippen molar-refractivity contribution in [2.75, 3.05) is 0 Å². The lowest BCUT2D eigenvalue weighted by molar-refractivity contribution is -0.170. The van der Waals surface area contributed by atoms with Gasteiger partial charge in [-0.15, -0.1) is 0 Å². The molecule has 2 nitrogen and oxygen atoms in total. The number of hydrogen-bond acceptors (Lipinski definition) is 2. The fourth-order valence-corrected chi connectivity index (χ4v) is 4.87. The zero-order chi connectivity index (χ0) is 15.9. The minimum absolute atomic E-state index is 0.0615. The maximum atomic E-state index is 11.7. The molecule has 21 heavy (non-hydrogen) atoms. The van der Waals surface area contributed by atoms with E-state index in [0.717, 1.165) is 44.9 Å². The highest BCUT2D eigenvalue weighted by molar-refractivity contribution is 5.17. The van der Waals surface area contributed by atoms with Gasteiger partial charge in [-0.3, -0.25) is 0 Å². The number of hydrogen-bond donors (Lipinski definition) is 1. The van der Waals surface area contributed by atoms with Crippen LogP contribution >= 0.6 is 0 Å². The number of nitrogens with zero attached hydrogens (tertiary/aromatic N) is 1.